The van der Waals surface area contributed by atoms with E-state index in [-0.39, 0.29) is 17.7 Å². The van der Waals surface area contributed by atoms with E-state index >= 15 is 0 Å². The summed E-state index contributed by atoms with van der Waals surface area (Å²) in [4.78, 5) is 24.8. The molecular weight excluding hydrogens is 240 g/mol. The van der Waals surface area contributed by atoms with Crippen molar-refractivity contribution in [3.05, 3.63) is 42.0 Å². The van der Waals surface area contributed by atoms with Gasteiger partial charge in [-0.25, -0.2) is 0 Å². The molecule has 1 unspecified atom stereocenters. The van der Waals surface area contributed by atoms with Crippen molar-refractivity contribution in [1.29, 1.82) is 0 Å². The molecule has 0 spiro atoms. The van der Waals surface area contributed by atoms with Crippen LogP contribution in [-0.2, 0) is 9.59 Å². The van der Waals surface area contributed by atoms with Crippen LogP contribution >= 0.6 is 0 Å². The minimum absolute atomic E-state index is 0.0416. The molecule has 0 bridgehead atoms. The molecule has 0 saturated carbocycles. The third-order valence-corrected chi connectivity index (χ3v) is 3.22. The van der Waals surface area contributed by atoms with Gasteiger partial charge in [0, 0.05) is 26.6 Å². The lowest BCUT2D eigenvalue weighted by Crippen LogP contribution is -2.32. The number of rotatable bonds is 4. The van der Waals surface area contributed by atoms with Crippen molar-refractivity contribution < 1.29 is 9.59 Å². The molecule has 2 rings (SSSR count). The normalized spacial score (nSPS) is 19.1. The number of carbonyl (C=O) groups excluding carboxylic acids is 2. The summed E-state index contributed by atoms with van der Waals surface area (Å²) in [5.74, 6) is -0.210. The molecule has 19 heavy (non-hydrogen) atoms. The Kier molecular flexibility index (Phi) is 4.34. The van der Waals surface area contributed by atoms with Crippen LogP contribution in [0.2, 0.25) is 0 Å². The summed E-state index contributed by atoms with van der Waals surface area (Å²) >= 11 is 0. The highest BCUT2D eigenvalue weighted by molar-refractivity contribution is 5.89. The Morgan fingerprint density at radius 1 is 1.42 bits per heavy atom. The lowest BCUT2D eigenvalue weighted by Gasteiger charge is -2.09. The first-order valence-electron chi connectivity index (χ1n) is 6.40. The third kappa shape index (κ3) is 3.68. The molecule has 1 aliphatic rings. The number of hydrogen-bond acceptors (Lipinski definition) is 2. The van der Waals surface area contributed by atoms with Gasteiger partial charge < -0.3 is 10.2 Å². The van der Waals surface area contributed by atoms with E-state index < -0.39 is 0 Å². The number of amides is 2. The number of benzene rings is 1. The monoisotopic (exact) mass is 258 g/mol. The SMILES string of the molecule is CN1CC(C(=O)NCC=Cc2ccccc2)CC1=O. The molecule has 1 aliphatic heterocycles. The average molecular weight is 258 g/mol. The zero-order chi connectivity index (χ0) is 13.7. The van der Waals surface area contributed by atoms with E-state index in [9.17, 15) is 9.59 Å². The Labute approximate surface area is 113 Å². The van der Waals surface area contributed by atoms with Crippen LogP contribution in [-0.4, -0.2) is 36.9 Å². The first-order chi connectivity index (χ1) is 9.16. The van der Waals surface area contributed by atoms with Gasteiger partial charge in [0.25, 0.3) is 0 Å². The number of likely N-dealkylation sites (tertiary alicyclic amines) is 1. The van der Waals surface area contributed by atoms with Gasteiger partial charge >= 0.3 is 0 Å². The minimum Gasteiger partial charge on any atom is -0.352 e. The molecule has 1 heterocycles. The van der Waals surface area contributed by atoms with Crippen LogP contribution in [0.1, 0.15) is 12.0 Å². The molecule has 0 aromatic heterocycles. The van der Waals surface area contributed by atoms with Gasteiger partial charge in [-0.3, -0.25) is 9.59 Å². The van der Waals surface area contributed by atoms with Crippen LogP contribution in [0.5, 0.6) is 0 Å². The molecule has 1 saturated heterocycles. The molecule has 1 aromatic rings. The topological polar surface area (TPSA) is 49.4 Å². The fraction of sp³-hybridized carbons (Fsp3) is 0.333. The predicted molar refractivity (Wildman–Crippen MR) is 74.2 cm³/mol. The third-order valence-electron chi connectivity index (χ3n) is 3.22. The highest BCUT2D eigenvalue weighted by Gasteiger charge is 2.31. The number of nitrogens with one attached hydrogen (secondary N) is 1. The Morgan fingerprint density at radius 2 is 2.16 bits per heavy atom. The van der Waals surface area contributed by atoms with Crippen molar-refractivity contribution >= 4 is 17.9 Å². The van der Waals surface area contributed by atoms with Crippen LogP contribution in [0, 0.1) is 5.92 Å². The van der Waals surface area contributed by atoms with E-state index in [1.807, 2.05) is 42.5 Å². The first kappa shape index (κ1) is 13.3. The summed E-state index contributed by atoms with van der Waals surface area (Å²) in [5.41, 5.74) is 1.10. The maximum atomic E-state index is 11.8. The van der Waals surface area contributed by atoms with Gasteiger partial charge in [0.2, 0.25) is 11.8 Å². The van der Waals surface area contributed by atoms with Gasteiger partial charge in [-0.2, -0.15) is 0 Å². The van der Waals surface area contributed by atoms with Crippen LogP contribution in [0.4, 0.5) is 0 Å². The second-order valence-corrected chi connectivity index (χ2v) is 4.73. The maximum absolute atomic E-state index is 11.8. The van der Waals surface area contributed by atoms with Gasteiger partial charge in [0.1, 0.15) is 0 Å². The number of nitrogens with zero attached hydrogens (tertiary/aromatic N) is 1. The molecule has 2 amide bonds. The smallest absolute Gasteiger partial charge is 0.225 e. The molecule has 4 heteroatoms. The zero-order valence-corrected chi connectivity index (χ0v) is 11.0. The summed E-state index contributed by atoms with van der Waals surface area (Å²) in [6.45, 7) is 1.01. The largest absolute Gasteiger partial charge is 0.352 e. The molecule has 1 atom stereocenters. The quantitative estimate of drug-likeness (QED) is 0.885. The molecular formula is C15H18N2O2. The van der Waals surface area contributed by atoms with Crippen molar-refractivity contribution in [2.24, 2.45) is 5.92 Å². The fourth-order valence-corrected chi connectivity index (χ4v) is 2.10. The Bertz CT molecular complexity index is 482. The Hall–Kier alpha value is -2.10. The van der Waals surface area contributed by atoms with Crippen LogP contribution < -0.4 is 5.32 Å². The van der Waals surface area contributed by atoms with E-state index in [0.717, 1.165) is 5.56 Å². The van der Waals surface area contributed by atoms with E-state index in [4.69, 9.17) is 0 Å². The summed E-state index contributed by atoms with van der Waals surface area (Å²) in [5, 5.41) is 2.83. The Morgan fingerprint density at radius 3 is 2.79 bits per heavy atom. The number of hydrogen-bond donors (Lipinski definition) is 1. The molecule has 1 fully saturated rings. The van der Waals surface area contributed by atoms with Crippen molar-refractivity contribution in [2.75, 3.05) is 20.1 Å². The van der Waals surface area contributed by atoms with Gasteiger partial charge in [-0.15, -0.1) is 0 Å². The van der Waals surface area contributed by atoms with Crippen molar-refractivity contribution in [3.8, 4) is 0 Å². The standard InChI is InChI=1S/C15H18N2O2/c1-17-11-13(10-14(17)18)15(19)16-9-5-8-12-6-3-2-4-7-12/h2-8,13H,9-11H2,1H3,(H,16,19). The molecule has 1 aromatic carbocycles. The zero-order valence-electron chi connectivity index (χ0n) is 11.0. The van der Waals surface area contributed by atoms with E-state index in [0.29, 0.717) is 19.5 Å². The van der Waals surface area contributed by atoms with Gasteiger partial charge in [0.15, 0.2) is 0 Å². The van der Waals surface area contributed by atoms with Crippen molar-refractivity contribution in [3.63, 3.8) is 0 Å². The minimum atomic E-state index is -0.206. The highest BCUT2D eigenvalue weighted by Crippen LogP contribution is 2.15. The summed E-state index contributed by atoms with van der Waals surface area (Å²) < 4.78 is 0. The Balaban J connectivity index is 1.76. The summed E-state index contributed by atoms with van der Waals surface area (Å²) in [6.07, 6.45) is 4.20. The molecule has 0 radical (unpaired) electrons. The molecule has 1 N–H and O–H groups in total. The molecule has 4 nitrogen and oxygen atoms in total. The van der Waals surface area contributed by atoms with Crippen LogP contribution in [0.15, 0.2) is 36.4 Å². The average Bonchev–Trinajstić information content (AvgIpc) is 2.76. The predicted octanol–water partition coefficient (Wildman–Crippen LogP) is 1.29. The van der Waals surface area contributed by atoms with Crippen molar-refractivity contribution in [1.82, 2.24) is 10.2 Å². The summed E-state index contributed by atoms with van der Waals surface area (Å²) in [7, 11) is 1.73. The molecule has 100 valence electrons. The van der Waals surface area contributed by atoms with Gasteiger partial charge in [-0.05, 0) is 5.56 Å². The van der Waals surface area contributed by atoms with Gasteiger partial charge in [-0.1, -0.05) is 42.5 Å². The van der Waals surface area contributed by atoms with Gasteiger partial charge in [0.05, 0.1) is 5.92 Å². The number of carbonyl (C=O) groups is 2. The fourth-order valence-electron chi connectivity index (χ4n) is 2.10. The summed E-state index contributed by atoms with van der Waals surface area (Å²) in [6, 6.07) is 9.91. The van der Waals surface area contributed by atoms with E-state index in [1.54, 1.807) is 11.9 Å². The maximum Gasteiger partial charge on any atom is 0.225 e. The van der Waals surface area contributed by atoms with Crippen LogP contribution in [0.3, 0.4) is 0 Å². The lowest BCUT2D eigenvalue weighted by atomic mass is 10.1. The van der Waals surface area contributed by atoms with E-state index in [2.05, 4.69) is 5.32 Å². The van der Waals surface area contributed by atoms with E-state index in [1.165, 1.54) is 0 Å². The van der Waals surface area contributed by atoms with Crippen LogP contribution in [0.25, 0.3) is 6.08 Å². The highest BCUT2D eigenvalue weighted by atomic mass is 16.2. The molecule has 0 aliphatic carbocycles. The van der Waals surface area contributed by atoms with Crippen molar-refractivity contribution in [2.45, 2.75) is 6.42 Å². The second-order valence-electron chi connectivity index (χ2n) is 4.73. The first-order valence-corrected chi connectivity index (χ1v) is 6.40. The lowest BCUT2D eigenvalue weighted by molar-refractivity contribution is -0.128. The second kappa shape index (κ2) is 6.18.